The number of alkyl halides is 3. The smallest absolute Gasteiger partial charge is 0.322 e. The van der Waals surface area contributed by atoms with Crippen LogP contribution in [0.25, 0.3) is 0 Å². The van der Waals surface area contributed by atoms with Crippen LogP contribution in [0.15, 0.2) is 30.7 Å². The number of aromatic nitrogens is 4. The summed E-state index contributed by atoms with van der Waals surface area (Å²) in [6.07, 6.45) is -1.44. The molecule has 1 aromatic carbocycles. The molecule has 0 aliphatic carbocycles. The Kier molecular flexibility index (Phi) is 5.31. The van der Waals surface area contributed by atoms with E-state index >= 15 is 0 Å². The molecule has 13 heteroatoms. The minimum absolute atomic E-state index is 0.0570. The number of rotatable bonds is 5. The molecule has 2 aromatic heterocycles. The normalized spacial score (nSPS) is 11.7. The van der Waals surface area contributed by atoms with Gasteiger partial charge >= 0.3 is 6.18 Å². The van der Waals surface area contributed by atoms with Crippen LogP contribution < -0.4 is 5.32 Å². The number of anilines is 1. The molecule has 0 unspecified atom stereocenters. The second-order valence-electron chi connectivity index (χ2n) is 5.82. The van der Waals surface area contributed by atoms with Gasteiger partial charge in [0.05, 0.1) is 18.4 Å². The lowest BCUT2D eigenvalue weighted by Crippen LogP contribution is -2.19. The van der Waals surface area contributed by atoms with Crippen molar-refractivity contribution in [3.63, 3.8) is 0 Å². The zero-order chi connectivity index (χ0) is 21.3. The molecule has 0 saturated heterocycles. The Morgan fingerprint density at radius 2 is 1.79 bits per heavy atom. The summed E-state index contributed by atoms with van der Waals surface area (Å²) in [7, 11) is 0. The molecule has 154 valence electrons. The van der Waals surface area contributed by atoms with Gasteiger partial charge in [-0.2, -0.15) is 23.4 Å². The monoisotopic (exact) mass is 421 g/mol. The maximum absolute atomic E-state index is 13.7. The minimum Gasteiger partial charge on any atom is -0.322 e. The summed E-state index contributed by atoms with van der Waals surface area (Å²) in [5.74, 6) is -7.28. The van der Waals surface area contributed by atoms with E-state index in [9.17, 15) is 35.5 Å². The maximum atomic E-state index is 13.7. The minimum atomic E-state index is -4.65. The SMILES string of the molecule is O=C(Cn1ccc(C(F)(F)F)n1)Nc1cnn(Cc2c(F)cc(F)c(F)c2F)c1. The van der Waals surface area contributed by atoms with E-state index in [1.54, 1.807) is 0 Å². The van der Waals surface area contributed by atoms with Crippen molar-refractivity contribution < 1.29 is 35.5 Å². The maximum Gasteiger partial charge on any atom is 0.435 e. The van der Waals surface area contributed by atoms with Crippen LogP contribution in [-0.2, 0) is 24.1 Å². The molecule has 2 heterocycles. The molecule has 3 rings (SSSR count). The Bertz CT molecular complexity index is 1060. The highest BCUT2D eigenvalue weighted by Crippen LogP contribution is 2.27. The number of halogens is 7. The molecule has 0 aliphatic heterocycles. The molecule has 6 nitrogen and oxygen atoms in total. The molecule has 3 aromatic rings. The largest absolute Gasteiger partial charge is 0.435 e. The first-order chi connectivity index (χ1) is 13.5. The molecule has 0 aliphatic rings. The predicted octanol–water partition coefficient (Wildman–Crippen LogP) is 3.34. The number of carbonyl (C=O) groups is 1. The summed E-state index contributed by atoms with van der Waals surface area (Å²) >= 11 is 0. The first-order valence-electron chi connectivity index (χ1n) is 7.79. The number of hydrogen-bond donors (Lipinski definition) is 1. The van der Waals surface area contributed by atoms with Crippen LogP contribution >= 0.6 is 0 Å². The standard InChI is InChI=1S/C16H10F7N5O/c17-10-3-11(18)15(20)14(19)9(10)6-28-5-8(4-24-28)25-13(29)7-27-2-1-12(26-27)16(21,22)23/h1-5H,6-7H2,(H,25,29). The van der Waals surface area contributed by atoms with Crippen molar-refractivity contribution >= 4 is 11.6 Å². The quantitative estimate of drug-likeness (QED) is 0.391. The summed E-state index contributed by atoms with van der Waals surface area (Å²) < 4.78 is 92.8. The Balaban J connectivity index is 1.66. The fourth-order valence-corrected chi connectivity index (χ4v) is 2.37. The van der Waals surface area contributed by atoms with Crippen LogP contribution in [0, 0.1) is 23.3 Å². The molecular formula is C16H10F7N5O. The van der Waals surface area contributed by atoms with Gasteiger partial charge in [-0.25, -0.2) is 17.6 Å². The highest BCUT2D eigenvalue weighted by Gasteiger charge is 2.33. The van der Waals surface area contributed by atoms with Gasteiger partial charge < -0.3 is 5.32 Å². The van der Waals surface area contributed by atoms with Crippen molar-refractivity contribution in [2.24, 2.45) is 0 Å². The van der Waals surface area contributed by atoms with Crippen molar-refractivity contribution in [1.82, 2.24) is 19.6 Å². The topological polar surface area (TPSA) is 64.7 Å². The van der Waals surface area contributed by atoms with Gasteiger partial charge in [0.1, 0.15) is 12.4 Å². The van der Waals surface area contributed by atoms with E-state index in [-0.39, 0.29) is 11.8 Å². The van der Waals surface area contributed by atoms with Crippen molar-refractivity contribution in [1.29, 1.82) is 0 Å². The van der Waals surface area contributed by atoms with Gasteiger partial charge in [-0.05, 0) is 6.07 Å². The van der Waals surface area contributed by atoms with E-state index in [1.165, 1.54) is 0 Å². The molecule has 0 spiro atoms. The predicted molar refractivity (Wildman–Crippen MR) is 83.5 cm³/mol. The second-order valence-corrected chi connectivity index (χ2v) is 5.82. The van der Waals surface area contributed by atoms with Crippen LogP contribution in [0.4, 0.5) is 36.4 Å². The molecule has 29 heavy (non-hydrogen) atoms. The fraction of sp³-hybridized carbons (Fsp3) is 0.188. The molecule has 0 radical (unpaired) electrons. The van der Waals surface area contributed by atoms with E-state index in [0.717, 1.165) is 28.0 Å². The number of carbonyl (C=O) groups excluding carboxylic acids is 1. The van der Waals surface area contributed by atoms with Gasteiger partial charge in [0.2, 0.25) is 5.91 Å². The molecule has 1 N–H and O–H groups in total. The van der Waals surface area contributed by atoms with E-state index in [1.807, 2.05) is 0 Å². The van der Waals surface area contributed by atoms with Crippen molar-refractivity contribution in [2.75, 3.05) is 5.32 Å². The first kappa shape index (κ1) is 20.4. The third kappa shape index (κ3) is 4.55. The van der Waals surface area contributed by atoms with E-state index in [0.29, 0.717) is 6.07 Å². The Labute approximate surface area is 157 Å². The highest BCUT2D eigenvalue weighted by atomic mass is 19.4. The number of hydrogen-bond acceptors (Lipinski definition) is 3. The van der Waals surface area contributed by atoms with Gasteiger partial charge in [0, 0.05) is 24.0 Å². The fourth-order valence-electron chi connectivity index (χ4n) is 2.37. The number of nitrogens with one attached hydrogen (secondary N) is 1. The van der Waals surface area contributed by atoms with Crippen LogP contribution in [0.2, 0.25) is 0 Å². The summed E-state index contributed by atoms with van der Waals surface area (Å²) in [5.41, 5.74) is -1.88. The van der Waals surface area contributed by atoms with Gasteiger partial charge in [-0.3, -0.25) is 14.2 Å². The Hall–Kier alpha value is -3.38. The van der Waals surface area contributed by atoms with E-state index in [2.05, 4.69) is 15.5 Å². The number of amides is 1. The third-order valence-electron chi connectivity index (χ3n) is 3.68. The lowest BCUT2D eigenvalue weighted by molar-refractivity contribution is -0.141. The zero-order valence-electron chi connectivity index (χ0n) is 14.1. The van der Waals surface area contributed by atoms with Gasteiger partial charge in [0.15, 0.2) is 23.1 Å². The summed E-state index contributed by atoms with van der Waals surface area (Å²) in [6.45, 7) is -1.13. The van der Waals surface area contributed by atoms with E-state index < -0.39 is 59.7 Å². The number of nitrogens with zero attached hydrogens (tertiary/aromatic N) is 4. The second kappa shape index (κ2) is 7.56. The summed E-state index contributed by atoms with van der Waals surface area (Å²) in [5, 5.41) is 9.25. The number of benzene rings is 1. The van der Waals surface area contributed by atoms with Gasteiger partial charge in [-0.1, -0.05) is 0 Å². The molecule has 1 amide bonds. The molecule has 0 bridgehead atoms. The van der Waals surface area contributed by atoms with E-state index in [4.69, 9.17) is 0 Å². The van der Waals surface area contributed by atoms with Crippen molar-refractivity contribution in [3.05, 3.63) is 65.2 Å². The van der Waals surface area contributed by atoms with Gasteiger partial charge in [-0.15, -0.1) is 0 Å². The van der Waals surface area contributed by atoms with Crippen molar-refractivity contribution in [2.45, 2.75) is 19.3 Å². The molecule has 0 saturated carbocycles. The highest BCUT2D eigenvalue weighted by molar-refractivity contribution is 5.90. The lowest BCUT2D eigenvalue weighted by atomic mass is 10.2. The molecule has 0 atom stereocenters. The van der Waals surface area contributed by atoms with Crippen molar-refractivity contribution in [3.8, 4) is 0 Å². The van der Waals surface area contributed by atoms with Gasteiger partial charge in [0.25, 0.3) is 0 Å². The third-order valence-corrected chi connectivity index (χ3v) is 3.68. The Morgan fingerprint density at radius 3 is 2.45 bits per heavy atom. The van der Waals surface area contributed by atoms with Crippen LogP contribution in [-0.4, -0.2) is 25.5 Å². The summed E-state index contributed by atoms with van der Waals surface area (Å²) in [6, 6.07) is 0.898. The van der Waals surface area contributed by atoms with Crippen LogP contribution in [0.1, 0.15) is 11.3 Å². The average molecular weight is 421 g/mol. The molecule has 0 fully saturated rings. The Morgan fingerprint density at radius 1 is 1.07 bits per heavy atom. The summed E-state index contributed by atoms with van der Waals surface area (Å²) in [4.78, 5) is 11.9. The van der Waals surface area contributed by atoms with Crippen LogP contribution in [0.5, 0.6) is 0 Å². The van der Waals surface area contributed by atoms with Crippen LogP contribution in [0.3, 0.4) is 0 Å². The lowest BCUT2D eigenvalue weighted by Gasteiger charge is -2.07. The average Bonchev–Trinajstić information content (AvgIpc) is 3.26. The zero-order valence-corrected chi connectivity index (χ0v) is 14.1. The first-order valence-corrected chi connectivity index (χ1v) is 7.79. The molecular weight excluding hydrogens is 411 g/mol.